The Labute approximate surface area is 107 Å². The minimum Gasteiger partial charge on any atom is -0.396 e. The molecule has 17 heavy (non-hydrogen) atoms. The molecule has 1 atom stereocenters. The first-order valence-corrected chi connectivity index (χ1v) is 6.09. The van der Waals surface area contributed by atoms with Crippen LogP contribution in [0.3, 0.4) is 0 Å². The number of hydrogen-bond acceptors (Lipinski definition) is 2. The molecule has 4 heteroatoms. The molecule has 0 aliphatic carbocycles. The van der Waals surface area contributed by atoms with Crippen molar-refractivity contribution in [1.29, 1.82) is 0 Å². The number of aliphatic hydroxyl groups is 1. The molecule has 1 aromatic rings. The Morgan fingerprint density at radius 2 is 1.94 bits per heavy atom. The van der Waals surface area contributed by atoms with E-state index in [2.05, 4.69) is 5.32 Å². The van der Waals surface area contributed by atoms with Gasteiger partial charge in [-0.25, -0.2) is 0 Å². The molecular weight excluding hydrogens is 238 g/mol. The van der Waals surface area contributed by atoms with Crippen molar-refractivity contribution in [1.82, 2.24) is 5.32 Å². The second-order valence-corrected chi connectivity index (χ2v) is 4.78. The van der Waals surface area contributed by atoms with E-state index < -0.39 is 0 Å². The van der Waals surface area contributed by atoms with Crippen molar-refractivity contribution in [2.24, 2.45) is 5.92 Å². The SMILES string of the molecule is CC(C)C(CCO)NC(=O)c1ccc(Cl)cc1. The molecule has 0 heterocycles. The largest absolute Gasteiger partial charge is 0.396 e. The Morgan fingerprint density at radius 1 is 1.35 bits per heavy atom. The summed E-state index contributed by atoms with van der Waals surface area (Å²) in [5.74, 6) is 0.159. The van der Waals surface area contributed by atoms with E-state index in [0.717, 1.165) is 0 Å². The summed E-state index contributed by atoms with van der Waals surface area (Å²) in [6, 6.07) is 6.74. The van der Waals surface area contributed by atoms with Gasteiger partial charge in [-0.2, -0.15) is 0 Å². The highest BCUT2D eigenvalue weighted by Gasteiger charge is 2.16. The summed E-state index contributed by atoms with van der Waals surface area (Å²) in [7, 11) is 0. The summed E-state index contributed by atoms with van der Waals surface area (Å²) in [6.07, 6.45) is 0.566. The number of nitrogens with one attached hydrogen (secondary N) is 1. The molecule has 3 nitrogen and oxygen atoms in total. The lowest BCUT2D eigenvalue weighted by Crippen LogP contribution is -2.39. The monoisotopic (exact) mass is 255 g/mol. The van der Waals surface area contributed by atoms with Gasteiger partial charge in [0.1, 0.15) is 0 Å². The number of carbonyl (C=O) groups excluding carboxylic acids is 1. The van der Waals surface area contributed by atoms with E-state index in [1.54, 1.807) is 24.3 Å². The molecule has 0 aromatic heterocycles. The maximum absolute atomic E-state index is 11.9. The number of rotatable bonds is 5. The highest BCUT2D eigenvalue weighted by atomic mass is 35.5. The van der Waals surface area contributed by atoms with Gasteiger partial charge in [0.15, 0.2) is 0 Å². The molecule has 2 N–H and O–H groups in total. The van der Waals surface area contributed by atoms with Gasteiger partial charge in [-0.05, 0) is 36.6 Å². The molecule has 1 amide bonds. The fourth-order valence-electron chi connectivity index (χ4n) is 1.56. The van der Waals surface area contributed by atoms with E-state index in [1.807, 2.05) is 13.8 Å². The van der Waals surface area contributed by atoms with Crippen molar-refractivity contribution in [2.45, 2.75) is 26.3 Å². The molecule has 0 saturated carbocycles. The van der Waals surface area contributed by atoms with Crippen LogP contribution >= 0.6 is 11.6 Å². The van der Waals surface area contributed by atoms with Gasteiger partial charge in [-0.1, -0.05) is 25.4 Å². The van der Waals surface area contributed by atoms with Gasteiger partial charge in [-0.15, -0.1) is 0 Å². The van der Waals surface area contributed by atoms with Gasteiger partial charge in [0.05, 0.1) is 0 Å². The van der Waals surface area contributed by atoms with Crippen LogP contribution in [0.2, 0.25) is 5.02 Å². The third kappa shape index (κ3) is 4.36. The van der Waals surface area contributed by atoms with Crippen LogP contribution in [0, 0.1) is 5.92 Å². The summed E-state index contributed by atoms with van der Waals surface area (Å²) in [5.41, 5.74) is 0.581. The molecule has 1 rings (SSSR count). The minimum atomic E-state index is -0.131. The summed E-state index contributed by atoms with van der Waals surface area (Å²) in [6.45, 7) is 4.11. The van der Waals surface area contributed by atoms with Crippen molar-refractivity contribution in [3.05, 3.63) is 34.9 Å². The van der Waals surface area contributed by atoms with Crippen molar-refractivity contribution < 1.29 is 9.90 Å². The zero-order valence-corrected chi connectivity index (χ0v) is 10.9. The van der Waals surface area contributed by atoms with Crippen molar-refractivity contribution >= 4 is 17.5 Å². The minimum absolute atomic E-state index is 0.0109. The van der Waals surface area contributed by atoms with E-state index in [1.165, 1.54) is 0 Å². The first kappa shape index (κ1) is 14.0. The van der Waals surface area contributed by atoms with Crippen LogP contribution in [0.25, 0.3) is 0 Å². The van der Waals surface area contributed by atoms with E-state index in [4.69, 9.17) is 16.7 Å². The Balaban J connectivity index is 2.66. The molecule has 1 unspecified atom stereocenters. The van der Waals surface area contributed by atoms with Gasteiger partial charge in [-0.3, -0.25) is 4.79 Å². The van der Waals surface area contributed by atoms with Crippen LogP contribution < -0.4 is 5.32 Å². The van der Waals surface area contributed by atoms with Gasteiger partial charge >= 0.3 is 0 Å². The molecule has 0 saturated heterocycles. The second kappa shape index (κ2) is 6.62. The summed E-state index contributed by atoms with van der Waals surface area (Å²) in [5, 5.41) is 12.5. The number of halogens is 1. The molecule has 1 aromatic carbocycles. The Morgan fingerprint density at radius 3 is 2.41 bits per heavy atom. The number of hydrogen-bond donors (Lipinski definition) is 2. The second-order valence-electron chi connectivity index (χ2n) is 4.34. The topological polar surface area (TPSA) is 49.3 Å². The molecular formula is C13H18ClNO2. The number of amides is 1. The van der Waals surface area contributed by atoms with Gasteiger partial charge in [0.2, 0.25) is 0 Å². The third-order valence-electron chi connectivity index (χ3n) is 2.67. The van der Waals surface area contributed by atoms with E-state index in [9.17, 15) is 4.79 Å². The summed E-state index contributed by atoms with van der Waals surface area (Å²) < 4.78 is 0. The lowest BCUT2D eigenvalue weighted by Gasteiger charge is -2.21. The van der Waals surface area contributed by atoms with Crippen LogP contribution in [-0.2, 0) is 0 Å². The Bertz CT molecular complexity index is 362. The van der Waals surface area contributed by atoms with E-state index in [0.29, 0.717) is 22.9 Å². The first-order chi connectivity index (χ1) is 8.04. The highest BCUT2D eigenvalue weighted by Crippen LogP contribution is 2.11. The maximum Gasteiger partial charge on any atom is 0.251 e. The molecule has 0 aliphatic rings. The molecule has 0 radical (unpaired) electrons. The van der Waals surface area contributed by atoms with Crippen LogP contribution in [-0.4, -0.2) is 23.7 Å². The zero-order chi connectivity index (χ0) is 12.8. The average molecular weight is 256 g/mol. The molecule has 0 spiro atoms. The molecule has 0 fully saturated rings. The molecule has 0 bridgehead atoms. The van der Waals surface area contributed by atoms with E-state index >= 15 is 0 Å². The Hall–Kier alpha value is -1.06. The fourth-order valence-corrected chi connectivity index (χ4v) is 1.69. The molecule has 94 valence electrons. The lowest BCUT2D eigenvalue weighted by atomic mass is 10.0. The Kier molecular flexibility index (Phi) is 5.45. The van der Waals surface area contributed by atoms with Gasteiger partial charge in [0, 0.05) is 23.2 Å². The lowest BCUT2D eigenvalue weighted by molar-refractivity contribution is 0.0916. The predicted molar refractivity (Wildman–Crippen MR) is 69.2 cm³/mol. The maximum atomic E-state index is 11.9. The average Bonchev–Trinajstić information content (AvgIpc) is 2.29. The third-order valence-corrected chi connectivity index (χ3v) is 2.92. The number of aliphatic hydroxyl groups excluding tert-OH is 1. The van der Waals surface area contributed by atoms with Crippen LogP contribution in [0.1, 0.15) is 30.6 Å². The van der Waals surface area contributed by atoms with Gasteiger partial charge in [0.25, 0.3) is 5.91 Å². The molecule has 0 aliphatic heterocycles. The smallest absolute Gasteiger partial charge is 0.251 e. The summed E-state index contributed by atoms with van der Waals surface area (Å²) in [4.78, 5) is 11.9. The number of benzene rings is 1. The zero-order valence-electron chi connectivity index (χ0n) is 10.1. The van der Waals surface area contributed by atoms with Crippen LogP contribution in [0.15, 0.2) is 24.3 Å². The summed E-state index contributed by atoms with van der Waals surface area (Å²) >= 11 is 5.76. The van der Waals surface area contributed by atoms with Gasteiger partial charge < -0.3 is 10.4 Å². The van der Waals surface area contributed by atoms with Crippen LogP contribution in [0.4, 0.5) is 0 Å². The van der Waals surface area contributed by atoms with Crippen molar-refractivity contribution in [3.8, 4) is 0 Å². The highest BCUT2D eigenvalue weighted by molar-refractivity contribution is 6.30. The quantitative estimate of drug-likeness (QED) is 0.849. The van der Waals surface area contributed by atoms with E-state index in [-0.39, 0.29) is 18.6 Å². The number of carbonyl (C=O) groups is 1. The standard InChI is InChI=1S/C13H18ClNO2/c1-9(2)12(7-8-16)15-13(17)10-3-5-11(14)6-4-10/h3-6,9,12,16H,7-8H2,1-2H3,(H,15,17). The van der Waals surface area contributed by atoms with Crippen molar-refractivity contribution in [3.63, 3.8) is 0 Å². The van der Waals surface area contributed by atoms with Crippen LogP contribution in [0.5, 0.6) is 0 Å². The van der Waals surface area contributed by atoms with Crippen molar-refractivity contribution in [2.75, 3.05) is 6.61 Å². The predicted octanol–water partition coefficient (Wildman–Crippen LogP) is 2.48. The normalized spacial score (nSPS) is 12.5. The first-order valence-electron chi connectivity index (χ1n) is 5.72. The fraction of sp³-hybridized carbons (Fsp3) is 0.462.